The first kappa shape index (κ1) is 14.4. The van der Waals surface area contributed by atoms with Crippen molar-refractivity contribution in [2.24, 2.45) is 5.41 Å². The summed E-state index contributed by atoms with van der Waals surface area (Å²) in [6.45, 7) is 4.03. The van der Waals surface area contributed by atoms with Crippen LogP contribution < -0.4 is 4.74 Å². The molecule has 1 saturated carbocycles. The van der Waals surface area contributed by atoms with Crippen molar-refractivity contribution in [3.63, 3.8) is 0 Å². The van der Waals surface area contributed by atoms with E-state index in [1.54, 1.807) is 12.1 Å². The Morgan fingerprint density at radius 1 is 1.33 bits per heavy atom. The van der Waals surface area contributed by atoms with Crippen molar-refractivity contribution in [3.8, 4) is 11.5 Å². The van der Waals surface area contributed by atoms with E-state index < -0.39 is 16.9 Å². The number of esters is 1. The molecule has 0 amide bonds. The second kappa shape index (κ2) is 4.45. The molecule has 0 unspecified atom stereocenters. The molecule has 2 aliphatic rings. The second-order valence-electron chi connectivity index (χ2n) is 6.53. The first-order chi connectivity index (χ1) is 9.81. The number of methoxy groups -OCH3 is 1. The maximum Gasteiger partial charge on any atom is 0.318 e. The molecule has 1 aliphatic carbocycles. The molecule has 1 heterocycles. The number of benzene rings is 1. The Labute approximate surface area is 123 Å². The Morgan fingerprint density at radius 2 is 2.00 bits per heavy atom. The molecule has 1 aromatic rings. The number of aromatic hydroxyl groups is 1. The van der Waals surface area contributed by atoms with Crippen molar-refractivity contribution in [1.82, 2.24) is 0 Å². The van der Waals surface area contributed by atoms with Gasteiger partial charge in [-0.2, -0.15) is 0 Å². The quantitative estimate of drug-likeness (QED) is 0.643. The lowest BCUT2D eigenvalue weighted by Crippen LogP contribution is -2.48. The highest BCUT2D eigenvalue weighted by Gasteiger charge is 2.61. The average Bonchev–Trinajstić information content (AvgIpc) is 2.64. The lowest BCUT2D eigenvalue weighted by Gasteiger charge is -2.43. The fraction of sp³-hybridized carbons (Fsp3) is 0.562. The van der Waals surface area contributed by atoms with Gasteiger partial charge in [0.25, 0.3) is 0 Å². The highest BCUT2D eigenvalue weighted by atomic mass is 16.5. The molecule has 0 radical (unpaired) electrons. The molecule has 5 nitrogen and oxygen atoms in total. The lowest BCUT2D eigenvalue weighted by molar-refractivity contribution is -0.150. The maximum absolute atomic E-state index is 12.4. The third kappa shape index (κ3) is 1.80. The molecule has 3 rings (SSSR count). The molecular formula is C16H20O5. The van der Waals surface area contributed by atoms with Gasteiger partial charge in [-0.05, 0) is 31.9 Å². The number of ether oxygens (including phenoxy) is 2. The molecule has 3 atom stereocenters. The largest absolute Gasteiger partial charge is 0.508 e. The number of hydrogen-bond acceptors (Lipinski definition) is 5. The summed E-state index contributed by atoms with van der Waals surface area (Å²) in [5.41, 5.74) is 0.0442. The third-order valence-electron chi connectivity index (χ3n) is 5.23. The van der Waals surface area contributed by atoms with Gasteiger partial charge < -0.3 is 19.7 Å². The average molecular weight is 292 g/mol. The topological polar surface area (TPSA) is 76.0 Å². The first-order valence-corrected chi connectivity index (χ1v) is 7.07. The zero-order valence-electron chi connectivity index (χ0n) is 12.5. The van der Waals surface area contributed by atoms with Crippen molar-refractivity contribution >= 4 is 5.97 Å². The summed E-state index contributed by atoms with van der Waals surface area (Å²) in [6, 6.07) is 3.30. The summed E-state index contributed by atoms with van der Waals surface area (Å²) in [7, 11) is 1.54. The standard InChI is InChI=1S/C16H20O5/c1-15-6-10(17)7-16(15,2)14(19)21-13-4-9(8-20-3)12(18)5-11(13)15/h4-5,10,17-18H,6-8H2,1-3H3/t10-,15+,16+/m0/s1. The molecule has 5 heteroatoms. The summed E-state index contributed by atoms with van der Waals surface area (Å²) < 4.78 is 10.5. The summed E-state index contributed by atoms with van der Waals surface area (Å²) >= 11 is 0. The summed E-state index contributed by atoms with van der Waals surface area (Å²) in [6.07, 6.45) is 0.316. The number of carbonyl (C=O) groups excluding carboxylic acids is 1. The van der Waals surface area contributed by atoms with Crippen molar-refractivity contribution in [2.75, 3.05) is 7.11 Å². The molecule has 0 spiro atoms. The van der Waals surface area contributed by atoms with Crippen LogP contribution in [0.3, 0.4) is 0 Å². The van der Waals surface area contributed by atoms with Crippen LogP contribution in [-0.4, -0.2) is 29.4 Å². The molecule has 1 fully saturated rings. The molecule has 1 aliphatic heterocycles. The van der Waals surface area contributed by atoms with Gasteiger partial charge in [0.15, 0.2) is 0 Å². The van der Waals surface area contributed by atoms with E-state index in [1.165, 1.54) is 7.11 Å². The van der Waals surface area contributed by atoms with E-state index in [9.17, 15) is 15.0 Å². The van der Waals surface area contributed by atoms with Gasteiger partial charge in [-0.15, -0.1) is 0 Å². The van der Waals surface area contributed by atoms with E-state index in [-0.39, 0.29) is 18.3 Å². The van der Waals surface area contributed by atoms with E-state index in [2.05, 4.69) is 0 Å². The molecule has 0 bridgehead atoms. The Bertz CT molecular complexity index is 611. The summed E-state index contributed by atoms with van der Waals surface area (Å²) in [5, 5.41) is 20.2. The molecule has 114 valence electrons. The van der Waals surface area contributed by atoms with Gasteiger partial charge in [-0.1, -0.05) is 6.92 Å². The normalized spacial score (nSPS) is 34.3. The highest BCUT2D eigenvalue weighted by Crippen LogP contribution is 2.59. The van der Waals surface area contributed by atoms with Crippen LogP contribution in [0.1, 0.15) is 37.8 Å². The van der Waals surface area contributed by atoms with Crippen molar-refractivity contribution in [2.45, 2.75) is 44.8 Å². The van der Waals surface area contributed by atoms with Crippen molar-refractivity contribution in [3.05, 3.63) is 23.3 Å². The molecule has 1 aromatic carbocycles. The van der Waals surface area contributed by atoms with Crippen LogP contribution in [0.15, 0.2) is 12.1 Å². The van der Waals surface area contributed by atoms with Gasteiger partial charge in [0.1, 0.15) is 11.5 Å². The number of phenols is 1. The van der Waals surface area contributed by atoms with Crippen LogP contribution >= 0.6 is 0 Å². The predicted molar refractivity (Wildman–Crippen MR) is 75.2 cm³/mol. The zero-order valence-corrected chi connectivity index (χ0v) is 12.5. The maximum atomic E-state index is 12.4. The van der Waals surface area contributed by atoms with Crippen molar-refractivity contribution < 1.29 is 24.5 Å². The number of aliphatic hydroxyl groups excluding tert-OH is 1. The van der Waals surface area contributed by atoms with Gasteiger partial charge >= 0.3 is 5.97 Å². The zero-order chi connectivity index (χ0) is 15.4. The van der Waals surface area contributed by atoms with Crippen molar-refractivity contribution in [1.29, 1.82) is 0 Å². The minimum atomic E-state index is -0.769. The van der Waals surface area contributed by atoms with Crippen LogP contribution in [0.2, 0.25) is 0 Å². The lowest BCUT2D eigenvalue weighted by atomic mass is 9.62. The SMILES string of the molecule is COCc1cc2c(cc1O)[C@@]1(C)C[C@H](O)C[C@]1(C)C(=O)O2. The van der Waals surface area contributed by atoms with Gasteiger partial charge in [0.2, 0.25) is 0 Å². The van der Waals surface area contributed by atoms with Gasteiger partial charge in [-0.3, -0.25) is 4.79 Å². The fourth-order valence-electron chi connectivity index (χ4n) is 3.79. The van der Waals surface area contributed by atoms with Crippen LogP contribution in [0, 0.1) is 5.41 Å². The van der Waals surface area contributed by atoms with E-state index in [0.29, 0.717) is 24.2 Å². The molecule has 0 aromatic heterocycles. The van der Waals surface area contributed by atoms with E-state index >= 15 is 0 Å². The van der Waals surface area contributed by atoms with E-state index in [4.69, 9.17) is 9.47 Å². The number of hydrogen-bond donors (Lipinski definition) is 2. The van der Waals surface area contributed by atoms with Crippen LogP contribution in [-0.2, 0) is 21.6 Å². The van der Waals surface area contributed by atoms with Crippen LogP contribution in [0.4, 0.5) is 0 Å². The first-order valence-electron chi connectivity index (χ1n) is 7.07. The number of phenolic OH excluding ortho intramolecular Hbond substituents is 1. The number of fused-ring (bicyclic) bond motifs is 3. The van der Waals surface area contributed by atoms with Gasteiger partial charge in [0.05, 0.1) is 18.1 Å². The van der Waals surface area contributed by atoms with Crippen LogP contribution in [0.25, 0.3) is 0 Å². The monoisotopic (exact) mass is 292 g/mol. The van der Waals surface area contributed by atoms with Gasteiger partial charge in [0, 0.05) is 23.7 Å². The number of rotatable bonds is 2. The number of carbonyl (C=O) groups is 1. The Hall–Kier alpha value is -1.59. The fourth-order valence-corrected chi connectivity index (χ4v) is 3.79. The third-order valence-corrected chi connectivity index (χ3v) is 5.23. The minimum absolute atomic E-state index is 0.124. The van der Waals surface area contributed by atoms with Crippen LogP contribution in [0.5, 0.6) is 11.5 Å². The Balaban J connectivity index is 2.18. The second-order valence-corrected chi connectivity index (χ2v) is 6.53. The molecule has 21 heavy (non-hydrogen) atoms. The van der Waals surface area contributed by atoms with Gasteiger partial charge in [-0.25, -0.2) is 0 Å². The minimum Gasteiger partial charge on any atom is -0.508 e. The molecule has 2 N–H and O–H groups in total. The summed E-state index contributed by atoms with van der Waals surface area (Å²) in [5.74, 6) is 0.264. The predicted octanol–water partition coefficient (Wildman–Crippen LogP) is 1.88. The summed E-state index contributed by atoms with van der Waals surface area (Å²) in [4.78, 5) is 12.4. The highest BCUT2D eigenvalue weighted by molar-refractivity contribution is 5.85. The Morgan fingerprint density at radius 3 is 2.67 bits per heavy atom. The number of aliphatic hydroxyl groups is 1. The Kier molecular flexibility index (Phi) is 3.04. The molecular weight excluding hydrogens is 272 g/mol. The molecule has 0 saturated heterocycles. The smallest absolute Gasteiger partial charge is 0.318 e. The van der Waals surface area contributed by atoms with E-state index in [1.807, 2.05) is 13.8 Å². The van der Waals surface area contributed by atoms with E-state index in [0.717, 1.165) is 5.56 Å².